The highest BCUT2D eigenvalue weighted by molar-refractivity contribution is 5.26. The van der Waals surface area contributed by atoms with Gasteiger partial charge in [0, 0.05) is 32.5 Å². The van der Waals surface area contributed by atoms with E-state index in [9.17, 15) is 5.11 Å². The summed E-state index contributed by atoms with van der Waals surface area (Å²) in [6, 6.07) is 7.75. The Bertz CT molecular complexity index is 642. The molecule has 0 amide bonds. The summed E-state index contributed by atoms with van der Waals surface area (Å²) >= 11 is 0. The van der Waals surface area contributed by atoms with Crippen LogP contribution in [-0.4, -0.2) is 57.1 Å². The first kappa shape index (κ1) is 27.3. The Morgan fingerprint density at radius 2 is 1.68 bits per heavy atom. The van der Waals surface area contributed by atoms with Crippen molar-refractivity contribution < 1.29 is 28.8 Å². The molecule has 0 heterocycles. The van der Waals surface area contributed by atoms with E-state index in [4.69, 9.17) is 23.7 Å². The van der Waals surface area contributed by atoms with Crippen LogP contribution in [0.25, 0.3) is 0 Å². The van der Waals surface area contributed by atoms with Gasteiger partial charge in [0.2, 0.25) is 0 Å². The molecule has 1 N–H and O–H groups in total. The number of ether oxygens (including phenoxy) is 5. The summed E-state index contributed by atoms with van der Waals surface area (Å²) in [6.45, 7) is 14.0. The van der Waals surface area contributed by atoms with Gasteiger partial charge in [-0.25, -0.2) is 0 Å². The van der Waals surface area contributed by atoms with Gasteiger partial charge in [0.25, 0.3) is 0 Å². The van der Waals surface area contributed by atoms with Crippen molar-refractivity contribution in [2.75, 3.05) is 28.1 Å². The van der Waals surface area contributed by atoms with Gasteiger partial charge in [0.15, 0.2) is 0 Å². The van der Waals surface area contributed by atoms with Gasteiger partial charge in [-0.3, -0.25) is 0 Å². The molecule has 1 rings (SSSR count). The van der Waals surface area contributed by atoms with Crippen LogP contribution in [0.4, 0.5) is 0 Å². The lowest BCUT2D eigenvalue weighted by molar-refractivity contribution is -0.142. The lowest BCUT2D eigenvalue weighted by Crippen LogP contribution is -2.48. The monoisotopic (exact) mass is 436 g/mol. The summed E-state index contributed by atoms with van der Waals surface area (Å²) in [5.74, 6) is 0.736. The van der Waals surface area contributed by atoms with Crippen molar-refractivity contribution in [3.05, 3.63) is 55.1 Å². The van der Waals surface area contributed by atoms with E-state index in [0.717, 1.165) is 11.3 Å². The molecule has 0 aliphatic rings. The van der Waals surface area contributed by atoms with Gasteiger partial charge >= 0.3 is 0 Å². The van der Waals surface area contributed by atoms with Crippen LogP contribution in [0.15, 0.2) is 49.6 Å². The molecular weight excluding hydrogens is 396 g/mol. The molecule has 6 atom stereocenters. The Balaban J connectivity index is 3.09. The minimum atomic E-state index is -1.21. The Morgan fingerprint density at radius 1 is 1.03 bits per heavy atom. The average molecular weight is 437 g/mol. The van der Waals surface area contributed by atoms with Crippen molar-refractivity contribution in [1.82, 2.24) is 0 Å². The standard InChI is InChI=1S/C25H40O6/c1-9-18(3)22(31-17-27-6)15-23(19(4)24(29-8)25(5,26)10-2)30-16-20-11-13-21(28-7)14-12-20/h9-14,18-19,22-24,26H,1-2,15-17H2,3-8H3/t18-,19-,22-,23-,24+,25+/m0/s1. The maximum absolute atomic E-state index is 10.8. The highest BCUT2D eigenvalue weighted by Crippen LogP contribution is 2.30. The molecule has 0 saturated heterocycles. The molecular formula is C25H40O6. The van der Waals surface area contributed by atoms with Gasteiger partial charge in [-0.2, -0.15) is 0 Å². The summed E-state index contributed by atoms with van der Waals surface area (Å²) in [5, 5.41) is 10.8. The second-order valence-electron chi connectivity index (χ2n) is 8.09. The van der Waals surface area contributed by atoms with Crippen LogP contribution < -0.4 is 4.74 Å². The summed E-state index contributed by atoms with van der Waals surface area (Å²) < 4.78 is 28.3. The van der Waals surface area contributed by atoms with Crippen molar-refractivity contribution in [2.45, 2.75) is 57.7 Å². The maximum atomic E-state index is 10.8. The average Bonchev–Trinajstić information content (AvgIpc) is 2.78. The Labute approximate surface area is 187 Å². The molecule has 0 aliphatic carbocycles. The topological polar surface area (TPSA) is 66.4 Å². The molecule has 0 aliphatic heterocycles. The summed E-state index contributed by atoms with van der Waals surface area (Å²) in [5.41, 5.74) is -0.184. The first-order valence-electron chi connectivity index (χ1n) is 10.6. The SMILES string of the molecule is C=C[C@H](C)[C@H](C[C@H](OCc1ccc(OC)cc1)[C@H](C)[C@@H](OC)[C@](C)(O)C=C)OCOC. The lowest BCUT2D eigenvalue weighted by atomic mass is 9.83. The molecule has 0 aromatic heterocycles. The fraction of sp³-hybridized carbons (Fsp3) is 0.600. The van der Waals surface area contributed by atoms with E-state index in [1.165, 1.54) is 6.08 Å². The maximum Gasteiger partial charge on any atom is 0.146 e. The van der Waals surface area contributed by atoms with Gasteiger partial charge < -0.3 is 28.8 Å². The van der Waals surface area contributed by atoms with E-state index in [1.54, 1.807) is 28.3 Å². The van der Waals surface area contributed by atoms with Crippen molar-refractivity contribution >= 4 is 0 Å². The molecule has 0 saturated carbocycles. The molecule has 176 valence electrons. The molecule has 1 aromatic carbocycles. The molecule has 0 spiro atoms. The fourth-order valence-corrected chi connectivity index (χ4v) is 3.63. The van der Waals surface area contributed by atoms with E-state index in [-0.39, 0.29) is 30.8 Å². The van der Waals surface area contributed by atoms with E-state index >= 15 is 0 Å². The number of methoxy groups -OCH3 is 3. The Hall–Kier alpha value is -1.70. The Morgan fingerprint density at radius 3 is 2.16 bits per heavy atom. The summed E-state index contributed by atoms with van der Waals surface area (Å²) in [7, 11) is 4.82. The van der Waals surface area contributed by atoms with E-state index in [2.05, 4.69) is 13.2 Å². The van der Waals surface area contributed by atoms with Crippen LogP contribution in [0.2, 0.25) is 0 Å². The van der Waals surface area contributed by atoms with E-state index < -0.39 is 11.7 Å². The minimum absolute atomic E-state index is 0.0929. The van der Waals surface area contributed by atoms with Gasteiger partial charge in [-0.15, -0.1) is 13.2 Å². The third-order valence-corrected chi connectivity index (χ3v) is 5.75. The van der Waals surface area contributed by atoms with E-state index in [0.29, 0.717) is 13.0 Å². The molecule has 0 unspecified atom stereocenters. The zero-order valence-electron chi connectivity index (χ0n) is 19.9. The highest BCUT2D eigenvalue weighted by Gasteiger charge is 2.39. The van der Waals surface area contributed by atoms with Crippen LogP contribution in [0.1, 0.15) is 32.8 Å². The molecule has 31 heavy (non-hydrogen) atoms. The van der Waals surface area contributed by atoms with E-state index in [1.807, 2.05) is 44.2 Å². The van der Waals surface area contributed by atoms with Gasteiger partial charge in [0.1, 0.15) is 18.1 Å². The number of aliphatic hydroxyl groups is 1. The zero-order chi connectivity index (χ0) is 23.4. The predicted octanol–water partition coefficient (Wildman–Crippen LogP) is 4.37. The van der Waals surface area contributed by atoms with Crippen LogP contribution >= 0.6 is 0 Å². The first-order chi connectivity index (χ1) is 14.7. The van der Waals surface area contributed by atoms with Crippen molar-refractivity contribution in [2.24, 2.45) is 11.8 Å². The fourth-order valence-electron chi connectivity index (χ4n) is 3.63. The number of benzene rings is 1. The third kappa shape index (κ3) is 8.39. The first-order valence-corrected chi connectivity index (χ1v) is 10.6. The molecule has 0 fully saturated rings. The summed E-state index contributed by atoms with van der Waals surface area (Å²) in [6.07, 6.45) is 3.02. The smallest absolute Gasteiger partial charge is 0.146 e. The summed E-state index contributed by atoms with van der Waals surface area (Å²) in [4.78, 5) is 0. The molecule has 0 bridgehead atoms. The van der Waals surface area contributed by atoms with Crippen molar-refractivity contribution in [3.63, 3.8) is 0 Å². The van der Waals surface area contributed by atoms with Crippen LogP contribution in [0.3, 0.4) is 0 Å². The van der Waals surface area contributed by atoms with Crippen LogP contribution in [0.5, 0.6) is 5.75 Å². The third-order valence-electron chi connectivity index (χ3n) is 5.75. The van der Waals surface area contributed by atoms with Gasteiger partial charge in [0.05, 0.1) is 32.0 Å². The molecule has 0 radical (unpaired) electrons. The number of rotatable bonds is 16. The second-order valence-corrected chi connectivity index (χ2v) is 8.09. The number of hydrogen-bond donors (Lipinski definition) is 1. The molecule has 6 heteroatoms. The largest absolute Gasteiger partial charge is 0.497 e. The zero-order valence-corrected chi connectivity index (χ0v) is 19.9. The van der Waals surface area contributed by atoms with Crippen LogP contribution in [-0.2, 0) is 25.6 Å². The van der Waals surface area contributed by atoms with Crippen molar-refractivity contribution in [3.8, 4) is 5.75 Å². The van der Waals surface area contributed by atoms with Crippen LogP contribution in [0, 0.1) is 11.8 Å². The Kier molecular flexibility index (Phi) is 12.0. The van der Waals surface area contributed by atoms with Gasteiger partial charge in [-0.05, 0) is 24.6 Å². The second kappa shape index (κ2) is 13.7. The highest BCUT2D eigenvalue weighted by atomic mass is 16.7. The number of hydrogen-bond acceptors (Lipinski definition) is 6. The lowest BCUT2D eigenvalue weighted by Gasteiger charge is -2.39. The quantitative estimate of drug-likeness (QED) is 0.307. The van der Waals surface area contributed by atoms with Gasteiger partial charge in [-0.1, -0.05) is 38.1 Å². The molecule has 6 nitrogen and oxygen atoms in total. The normalized spacial score (nSPS) is 18.3. The predicted molar refractivity (Wildman–Crippen MR) is 123 cm³/mol. The minimum Gasteiger partial charge on any atom is -0.497 e. The van der Waals surface area contributed by atoms with Crippen molar-refractivity contribution in [1.29, 1.82) is 0 Å². The molecule has 1 aromatic rings.